The van der Waals surface area contributed by atoms with Gasteiger partial charge in [-0.1, -0.05) is 56.1 Å². The van der Waals surface area contributed by atoms with Gasteiger partial charge in [0.1, 0.15) is 0 Å². The Morgan fingerprint density at radius 1 is 0.679 bits per heavy atom. The van der Waals surface area contributed by atoms with E-state index in [0.29, 0.717) is 21.6 Å². The molecule has 3 aromatic carbocycles. The molecular weight excluding hydrogens is 514 g/mol. The van der Waals surface area contributed by atoms with Crippen molar-refractivity contribution >= 4 is 42.6 Å². The lowest BCUT2D eigenvalue weighted by Crippen LogP contribution is -2.11. The third-order valence-corrected chi connectivity index (χ3v) is 5.59. The molecule has 0 atom stereocenters. The Morgan fingerprint density at radius 2 is 1.21 bits per heavy atom. The van der Waals surface area contributed by atoms with Crippen LogP contribution < -0.4 is 0 Å². The summed E-state index contributed by atoms with van der Waals surface area (Å²) in [6.07, 6.45) is -9.78. The van der Waals surface area contributed by atoms with Crippen molar-refractivity contribution in [1.82, 2.24) is 0 Å². The zero-order valence-corrected chi connectivity index (χ0v) is 17.2. The molecule has 0 nitrogen and oxygen atoms in total. The molecule has 0 spiro atoms. The van der Waals surface area contributed by atoms with Crippen LogP contribution in [0.3, 0.4) is 0 Å². The van der Waals surface area contributed by atoms with Crippen LogP contribution in [-0.4, -0.2) is 0 Å². The highest BCUT2D eigenvalue weighted by Crippen LogP contribution is 2.41. The summed E-state index contributed by atoms with van der Waals surface area (Å²) < 4.78 is 79.5. The van der Waals surface area contributed by atoms with E-state index in [2.05, 4.69) is 31.9 Å². The van der Waals surface area contributed by atoms with Gasteiger partial charge < -0.3 is 0 Å². The van der Waals surface area contributed by atoms with Crippen molar-refractivity contribution in [3.63, 3.8) is 0 Å². The van der Waals surface area contributed by atoms with Crippen molar-refractivity contribution in [3.05, 3.63) is 70.8 Å². The quantitative estimate of drug-likeness (QED) is 0.238. The highest BCUT2D eigenvalue weighted by molar-refractivity contribution is 9.09. The number of halogens is 8. The first-order valence-corrected chi connectivity index (χ1v) is 10.3. The molecule has 0 aliphatic heterocycles. The molecule has 0 unspecified atom stereocenters. The summed E-state index contributed by atoms with van der Waals surface area (Å²) in [6.45, 7) is 0. The van der Waals surface area contributed by atoms with Gasteiger partial charge in [-0.05, 0) is 57.3 Å². The molecule has 0 bridgehead atoms. The lowest BCUT2D eigenvalue weighted by molar-refractivity contribution is -0.143. The minimum Gasteiger partial charge on any atom is -0.166 e. The zero-order valence-electron chi connectivity index (χ0n) is 14.1. The molecule has 0 N–H and O–H groups in total. The van der Waals surface area contributed by atoms with Crippen molar-refractivity contribution in [1.29, 1.82) is 0 Å². The van der Waals surface area contributed by atoms with Gasteiger partial charge in [0.05, 0.1) is 11.1 Å². The monoisotopic (exact) mass is 524 g/mol. The summed E-state index contributed by atoms with van der Waals surface area (Å²) in [7, 11) is 0. The number of benzene rings is 3. The van der Waals surface area contributed by atoms with Gasteiger partial charge >= 0.3 is 12.4 Å². The summed E-state index contributed by atoms with van der Waals surface area (Å²) in [5.74, 6) is 0. The Bertz CT molecular complexity index is 989. The second kappa shape index (κ2) is 7.71. The first-order valence-electron chi connectivity index (χ1n) is 8.01. The van der Waals surface area contributed by atoms with E-state index >= 15 is 0 Å². The molecule has 3 aromatic rings. The van der Waals surface area contributed by atoms with Crippen LogP contribution in [0.15, 0.2) is 48.5 Å². The predicted octanol–water partition coefficient (Wildman–Crippen LogP) is 8.33. The Balaban J connectivity index is 2.39. The standard InChI is InChI=1S/C20H12Br2F6/c21-9-12-7-17(15-3-1-2-4-16(15)18(12)10-22)11-5-13(19(23,24)25)8-14(6-11)20(26,27)28/h1-8H,9-10H2. The zero-order chi connectivity index (χ0) is 20.7. The number of fused-ring (bicyclic) bond motifs is 1. The van der Waals surface area contributed by atoms with Crippen LogP contribution in [0.25, 0.3) is 21.9 Å². The SMILES string of the molecule is FC(F)(F)c1cc(-c2cc(CBr)c(CBr)c3ccccc23)cc(C(F)(F)F)c1. The maximum Gasteiger partial charge on any atom is 0.416 e. The molecule has 0 saturated carbocycles. The number of alkyl halides is 8. The molecule has 0 aromatic heterocycles. The molecule has 0 aliphatic rings. The average molecular weight is 526 g/mol. The van der Waals surface area contributed by atoms with Gasteiger partial charge in [0.2, 0.25) is 0 Å². The molecule has 0 fully saturated rings. The molecule has 0 radical (unpaired) electrons. The van der Waals surface area contributed by atoms with Crippen molar-refractivity contribution in [2.24, 2.45) is 0 Å². The number of hydrogen-bond donors (Lipinski definition) is 0. The number of hydrogen-bond acceptors (Lipinski definition) is 0. The van der Waals surface area contributed by atoms with Crippen molar-refractivity contribution < 1.29 is 26.3 Å². The van der Waals surface area contributed by atoms with E-state index in [1.54, 1.807) is 30.3 Å². The van der Waals surface area contributed by atoms with Gasteiger partial charge in [0, 0.05) is 10.7 Å². The lowest BCUT2D eigenvalue weighted by atomic mass is 9.90. The third kappa shape index (κ3) is 4.08. The van der Waals surface area contributed by atoms with Gasteiger partial charge in [-0.2, -0.15) is 26.3 Å². The normalized spacial score (nSPS) is 12.6. The van der Waals surface area contributed by atoms with Gasteiger partial charge in [-0.3, -0.25) is 0 Å². The van der Waals surface area contributed by atoms with Gasteiger partial charge in [0.15, 0.2) is 0 Å². The van der Waals surface area contributed by atoms with E-state index < -0.39 is 23.5 Å². The molecule has 0 saturated heterocycles. The summed E-state index contributed by atoms with van der Waals surface area (Å²) in [4.78, 5) is 0. The first kappa shape index (κ1) is 21.2. The molecule has 0 amide bonds. The van der Waals surface area contributed by atoms with E-state index in [9.17, 15) is 26.3 Å². The van der Waals surface area contributed by atoms with E-state index in [0.717, 1.165) is 28.6 Å². The molecule has 148 valence electrons. The number of rotatable bonds is 3. The van der Waals surface area contributed by atoms with E-state index in [-0.39, 0.29) is 11.6 Å². The van der Waals surface area contributed by atoms with Gasteiger partial charge in [-0.15, -0.1) is 0 Å². The van der Waals surface area contributed by atoms with Gasteiger partial charge in [0.25, 0.3) is 0 Å². The van der Waals surface area contributed by atoms with Gasteiger partial charge in [-0.25, -0.2) is 0 Å². The minimum absolute atomic E-state index is 0.123. The predicted molar refractivity (Wildman–Crippen MR) is 105 cm³/mol. The Hall–Kier alpha value is -1.54. The molecule has 0 aliphatic carbocycles. The summed E-state index contributed by atoms with van der Waals surface area (Å²) in [6, 6.07) is 10.3. The molecule has 28 heavy (non-hydrogen) atoms. The van der Waals surface area contributed by atoms with Crippen LogP contribution in [0.1, 0.15) is 22.3 Å². The molecular formula is C20H12Br2F6. The Morgan fingerprint density at radius 3 is 1.68 bits per heavy atom. The van der Waals surface area contributed by atoms with E-state index in [1.165, 1.54) is 0 Å². The highest BCUT2D eigenvalue weighted by atomic mass is 79.9. The highest BCUT2D eigenvalue weighted by Gasteiger charge is 2.37. The van der Waals surface area contributed by atoms with Crippen LogP contribution in [0.4, 0.5) is 26.3 Å². The topological polar surface area (TPSA) is 0 Å². The fourth-order valence-electron chi connectivity index (χ4n) is 3.12. The average Bonchev–Trinajstić information content (AvgIpc) is 2.64. The maximum absolute atomic E-state index is 13.2. The smallest absolute Gasteiger partial charge is 0.166 e. The minimum atomic E-state index is -4.89. The van der Waals surface area contributed by atoms with Crippen molar-refractivity contribution in [2.45, 2.75) is 23.0 Å². The second-order valence-corrected chi connectivity index (χ2v) is 7.29. The largest absolute Gasteiger partial charge is 0.416 e. The first-order chi connectivity index (χ1) is 13.1. The molecule has 8 heteroatoms. The maximum atomic E-state index is 13.2. The summed E-state index contributed by atoms with van der Waals surface area (Å²) in [5, 5.41) is 2.29. The third-order valence-electron chi connectivity index (χ3n) is 4.42. The van der Waals surface area contributed by atoms with Crippen LogP contribution in [0.5, 0.6) is 0 Å². The van der Waals surface area contributed by atoms with Crippen LogP contribution in [-0.2, 0) is 23.0 Å². The van der Waals surface area contributed by atoms with Crippen LogP contribution in [0, 0.1) is 0 Å². The lowest BCUT2D eigenvalue weighted by Gasteiger charge is -2.18. The fourth-order valence-corrected chi connectivity index (χ4v) is 4.28. The van der Waals surface area contributed by atoms with Crippen LogP contribution in [0.2, 0.25) is 0 Å². The van der Waals surface area contributed by atoms with Crippen molar-refractivity contribution in [3.8, 4) is 11.1 Å². The summed E-state index contributed by atoms with van der Waals surface area (Å²) >= 11 is 6.76. The Labute approximate surface area is 173 Å². The van der Waals surface area contributed by atoms with Crippen molar-refractivity contribution in [2.75, 3.05) is 0 Å². The summed E-state index contributed by atoms with van der Waals surface area (Å²) in [5.41, 5.74) is -0.735. The Kier molecular flexibility index (Phi) is 5.83. The fraction of sp³-hybridized carbons (Fsp3) is 0.200. The van der Waals surface area contributed by atoms with E-state index in [4.69, 9.17) is 0 Å². The second-order valence-electron chi connectivity index (χ2n) is 6.17. The molecule has 0 heterocycles. The van der Waals surface area contributed by atoms with E-state index in [1.807, 2.05) is 0 Å². The van der Waals surface area contributed by atoms with Crippen LogP contribution >= 0.6 is 31.9 Å². The molecule has 3 rings (SSSR count).